The molecular weight excluding hydrogens is 254 g/mol. The Morgan fingerprint density at radius 3 is 2.60 bits per heavy atom. The predicted molar refractivity (Wildman–Crippen MR) is 73.6 cm³/mol. The molecule has 2 saturated carbocycles. The SMILES string of the molecule is Cn1c(=O)n2n(c1=O)[C@H]1C=C[C@H]2[C@]2(C3CC3)CCC[C@@H]12. The summed E-state index contributed by atoms with van der Waals surface area (Å²) in [5.74, 6) is 1.33. The first-order valence-electron chi connectivity index (χ1n) is 7.74. The molecule has 2 aliphatic heterocycles. The molecular formula is C15H19N3O2. The van der Waals surface area contributed by atoms with Gasteiger partial charge < -0.3 is 0 Å². The fourth-order valence-corrected chi connectivity index (χ4v) is 5.50. The van der Waals surface area contributed by atoms with E-state index in [1.165, 1.54) is 36.7 Å². The number of rotatable bonds is 1. The maximum Gasteiger partial charge on any atom is 0.347 e. The van der Waals surface area contributed by atoms with Crippen LogP contribution in [0.3, 0.4) is 0 Å². The zero-order chi connectivity index (χ0) is 13.6. The molecule has 1 aromatic rings. The van der Waals surface area contributed by atoms with Gasteiger partial charge >= 0.3 is 11.4 Å². The predicted octanol–water partition coefficient (Wildman–Crippen LogP) is 1.21. The second kappa shape index (κ2) is 3.21. The lowest BCUT2D eigenvalue weighted by atomic mass is 9.61. The Morgan fingerprint density at radius 1 is 1.10 bits per heavy atom. The standard InChI is InChI=1S/C15H19N3O2/c1-16-13(19)17-11-6-7-12(18(17)14(16)20)15(9-4-5-9)8-2-3-10(11)15/h6-7,9-12H,2-5,8H2,1H3/t10-,11-,12-,15-/m0/s1. The van der Waals surface area contributed by atoms with Crippen LogP contribution in [0.4, 0.5) is 0 Å². The van der Waals surface area contributed by atoms with Gasteiger partial charge in [0.2, 0.25) is 0 Å². The first-order valence-corrected chi connectivity index (χ1v) is 7.74. The van der Waals surface area contributed by atoms with Crippen molar-refractivity contribution in [2.24, 2.45) is 24.3 Å². The van der Waals surface area contributed by atoms with Crippen molar-refractivity contribution in [3.63, 3.8) is 0 Å². The molecule has 0 aromatic carbocycles. The number of allylic oxidation sites excluding steroid dienone is 2. The molecule has 5 aliphatic rings. The van der Waals surface area contributed by atoms with Gasteiger partial charge in [0.05, 0.1) is 12.1 Å². The topological polar surface area (TPSA) is 48.9 Å². The highest BCUT2D eigenvalue weighted by atomic mass is 16.2. The van der Waals surface area contributed by atoms with E-state index in [0.29, 0.717) is 5.92 Å². The highest BCUT2D eigenvalue weighted by Crippen LogP contribution is 2.68. The minimum Gasteiger partial charge on any atom is -0.246 e. The van der Waals surface area contributed by atoms with E-state index in [2.05, 4.69) is 12.2 Å². The first-order chi connectivity index (χ1) is 9.66. The Morgan fingerprint density at radius 2 is 1.85 bits per heavy atom. The summed E-state index contributed by atoms with van der Waals surface area (Å²) >= 11 is 0. The molecule has 0 radical (unpaired) electrons. The number of hydrogen-bond acceptors (Lipinski definition) is 2. The minimum atomic E-state index is -0.148. The van der Waals surface area contributed by atoms with Gasteiger partial charge in [-0.05, 0) is 37.5 Å². The Bertz CT molecular complexity index is 748. The fourth-order valence-electron chi connectivity index (χ4n) is 5.50. The Labute approximate surface area is 116 Å². The normalized spacial score (nSPS) is 41.0. The van der Waals surface area contributed by atoms with Crippen LogP contribution < -0.4 is 11.4 Å². The van der Waals surface area contributed by atoms with Gasteiger partial charge in [0, 0.05) is 12.5 Å². The second-order valence-electron chi connectivity index (χ2n) is 7.02. The van der Waals surface area contributed by atoms with Crippen LogP contribution in [0.2, 0.25) is 0 Å². The van der Waals surface area contributed by atoms with Crippen LogP contribution in [0.1, 0.15) is 44.2 Å². The highest BCUT2D eigenvalue weighted by molar-refractivity contribution is 5.23. The van der Waals surface area contributed by atoms with Crippen molar-refractivity contribution in [3.8, 4) is 0 Å². The summed E-state index contributed by atoms with van der Waals surface area (Å²) < 4.78 is 4.78. The molecule has 5 nitrogen and oxygen atoms in total. The third-order valence-electron chi connectivity index (χ3n) is 6.35. The summed E-state index contributed by atoms with van der Waals surface area (Å²) in [6.07, 6.45) is 10.7. The summed E-state index contributed by atoms with van der Waals surface area (Å²) in [5, 5.41) is 0. The third kappa shape index (κ3) is 0.980. The largest absolute Gasteiger partial charge is 0.347 e. The average molecular weight is 273 g/mol. The molecule has 3 aliphatic carbocycles. The van der Waals surface area contributed by atoms with Crippen molar-refractivity contribution < 1.29 is 0 Å². The van der Waals surface area contributed by atoms with Gasteiger partial charge in [-0.25, -0.2) is 23.5 Å². The molecule has 1 aromatic heterocycles. The molecule has 6 rings (SSSR count). The van der Waals surface area contributed by atoms with Gasteiger partial charge in [-0.15, -0.1) is 0 Å². The van der Waals surface area contributed by atoms with E-state index < -0.39 is 0 Å². The molecule has 20 heavy (non-hydrogen) atoms. The molecule has 0 N–H and O–H groups in total. The molecule has 0 saturated heterocycles. The van der Waals surface area contributed by atoms with E-state index in [1.807, 2.05) is 0 Å². The second-order valence-corrected chi connectivity index (χ2v) is 7.02. The van der Waals surface area contributed by atoms with E-state index in [-0.39, 0.29) is 28.9 Å². The smallest absolute Gasteiger partial charge is 0.246 e. The summed E-state index contributed by atoms with van der Waals surface area (Å²) in [4.78, 5) is 24.8. The molecule has 2 fully saturated rings. The maximum absolute atomic E-state index is 12.5. The Balaban J connectivity index is 1.85. The molecule has 2 bridgehead atoms. The molecule has 0 amide bonds. The van der Waals surface area contributed by atoms with Crippen LogP contribution in [0.5, 0.6) is 0 Å². The van der Waals surface area contributed by atoms with Crippen LogP contribution >= 0.6 is 0 Å². The Hall–Kier alpha value is -1.52. The lowest BCUT2D eigenvalue weighted by molar-refractivity contribution is 0.000448. The van der Waals surface area contributed by atoms with E-state index in [1.54, 1.807) is 16.4 Å². The average Bonchev–Trinajstić information content (AvgIpc) is 3.18. The van der Waals surface area contributed by atoms with Gasteiger partial charge in [-0.3, -0.25) is 0 Å². The van der Waals surface area contributed by atoms with Crippen molar-refractivity contribution >= 4 is 0 Å². The highest BCUT2D eigenvalue weighted by Gasteiger charge is 2.63. The molecule has 5 heteroatoms. The number of nitrogens with zero attached hydrogens (tertiary/aromatic N) is 3. The van der Waals surface area contributed by atoms with Gasteiger partial charge in [-0.1, -0.05) is 18.6 Å². The lowest BCUT2D eigenvalue weighted by Gasteiger charge is -2.52. The van der Waals surface area contributed by atoms with Gasteiger partial charge in [0.15, 0.2) is 0 Å². The van der Waals surface area contributed by atoms with E-state index in [9.17, 15) is 9.59 Å². The van der Waals surface area contributed by atoms with Crippen LogP contribution in [-0.2, 0) is 7.05 Å². The maximum atomic E-state index is 12.5. The van der Waals surface area contributed by atoms with Crippen molar-refractivity contribution in [1.82, 2.24) is 13.9 Å². The summed E-state index contributed by atoms with van der Waals surface area (Å²) in [6.45, 7) is 0. The third-order valence-corrected chi connectivity index (χ3v) is 6.35. The molecule has 106 valence electrons. The van der Waals surface area contributed by atoms with Crippen molar-refractivity contribution in [1.29, 1.82) is 0 Å². The number of hydrogen-bond donors (Lipinski definition) is 0. The lowest BCUT2D eigenvalue weighted by Crippen LogP contribution is -2.54. The summed E-state index contributed by atoms with van der Waals surface area (Å²) in [7, 11) is 1.60. The van der Waals surface area contributed by atoms with Crippen molar-refractivity contribution in [2.45, 2.75) is 44.2 Å². The first kappa shape index (κ1) is 11.2. The molecule has 3 heterocycles. The zero-order valence-corrected chi connectivity index (χ0v) is 11.7. The van der Waals surface area contributed by atoms with E-state index in [0.717, 1.165) is 5.92 Å². The quantitative estimate of drug-likeness (QED) is 0.722. The van der Waals surface area contributed by atoms with E-state index >= 15 is 0 Å². The van der Waals surface area contributed by atoms with Crippen LogP contribution in [0.25, 0.3) is 0 Å². The summed E-state index contributed by atoms with van der Waals surface area (Å²) in [6, 6.07) is 0.207. The van der Waals surface area contributed by atoms with Gasteiger partial charge in [0.25, 0.3) is 0 Å². The van der Waals surface area contributed by atoms with Crippen LogP contribution in [-0.4, -0.2) is 13.9 Å². The minimum absolute atomic E-state index is 0.101. The van der Waals surface area contributed by atoms with Crippen molar-refractivity contribution in [2.75, 3.05) is 0 Å². The molecule has 0 spiro atoms. The van der Waals surface area contributed by atoms with Crippen molar-refractivity contribution in [3.05, 3.63) is 33.1 Å². The van der Waals surface area contributed by atoms with Gasteiger partial charge in [-0.2, -0.15) is 0 Å². The monoisotopic (exact) mass is 273 g/mol. The Kier molecular flexibility index (Phi) is 1.79. The van der Waals surface area contributed by atoms with Crippen LogP contribution in [0.15, 0.2) is 21.7 Å². The zero-order valence-electron chi connectivity index (χ0n) is 11.7. The molecule has 0 unspecified atom stereocenters. The fraction of sp³-hybridized carbons (Fsp3) is 0.733. The van der Waals surface area contributed by atoms with Gasteiger partial charge in [0.1, 0.15) is 0 Å². The van der Waals surface area contributed by atoms with E-state index in [4.69, 9.17) is 0 Å². The number of aromatic nitrogens is 3. The van der Waals surface area contributed by atoms with Crippen LogP contribution in [0, 0.1) is 17.3 Å². The molecule has 4 atom stereocenters. The summed E-state index contributed by atoms with van der Waals surface area (Å²) in [5.41, 5.74) is -0.0257.